The van der Waals surface area contributed by atoms with Gasteiger partial charge in [-0.25, -0.2) is 4.98 Å². The van der Waals surface area contributed by atoms with Gasteiger partial charge in [0.05, 0.1) is 5.52 Å². The second-order valence-corrected chi connectivity index (χ2v) is 7.67. The molecule has 0 aliphatic heterocycles. The number of hydroxylamine groups is 1. The van der Waals surface area contributed by atoms with E-state index in [1.165, 1.54) is 0 Å². The number of rotatable bonds is 7. The maximum Gasteiger partial charge on any atom is 0.147 e. The molecule has 160 valence electrons. The van der Waals surface area contributed by atoms with Gasteiger partial charge >= 0.3 is 0 Å². The highest BCUT2D eigenvalue weighted by molar-refractivity contribution is 6.15. The molecule has 3 aromatic heterocycles. The fraction of sp³-hybridized carbons (Fsp3) is 0.154. The van der Waals surface area contributed by atoms with Gasteiger partial charge < -0.3 is 14.6 Å². The summed E-state index contributed by atoms with van der Waals surface area (Å²) in [6, 6.07) is 18.3. The van der Waals surface area contributed by atoms with Gasteiger partial charge in [-0.05, 0) is 66.9 Å². The third-order valence-corrected chi connectivity index (χ3v) is 5.30. The Morgan fingerprint density at radius 3 is 2.81 bits per heavy atom. The number of benzene rings is 2. The van der Waals surface area contributed by atoms with E-state index in [9.17, 15) is 0 Å². The highest BCUT2D eigenvalue weighted by Crippen LogP contribution is 2.39. The zero-order valence-corrected chi connectivity index (χ0v) is 18.1. The van der Waals surface area contributed by atoms with Crippen molar-refractivity contribution in [3.8, 4) is 22.6 Å². The summed E-state index contributed by atoms with van der Waals surface area (Å²) < 4.78 is 6.20. The number of H-pyrrole nitrogens is 1. The zero-order valence-electron chi connectivity index (χ0n) is 18.1. The molecule has 5 aromatic rings. The molecule has 0 aliphatic rings. The molecule has 0 saturated carbocycles. The molecule has 3 heterocycles. The van der Waals surface area contributed by atoms with E-state index in [0.717, 1.165) is 62.2 Å². The highest BCUT2D eigenvalue weighted by atomic mass is 16.6. The SMILES string of the molecule is CCNOc1cccc(-c2ccc(OCc3cccnc3)c3[nH]c4ncc(C)cc4c23)c1. The Labute approximate surface area is 186 Å². The first kappa shape index (κ1) is 20.0. The van der Waals surface area contributed by atoms with E-state index in [-0.39, 0.29) is 0 Å². The summed E-state index contributed by atoms with van der Waals surface area (Å²) in [6.07, 6.45) is 5.45. The molecule has 0 saturated heterocycles. The summed E-state index contributed by atoms with van der Waals surface area (Å²) >= 11 is 0. The van der Waals surface area contributed by atoms with Crippen LogP contribution < -0.4 is 15.1 Å². The lowest BCUT2D eigenvalue weighted by Gasteiger charge is -2.12. The maximum absolute atomic E-state index is 6.20. The molecular formula is C26H24N4O2. The van der Waals surface area contributed by atoms with E-state index in [2.05, 4.69) is 45.6 Å². The van der Waals surface area contributed by atoms with Crippen LogP contribution in [0, 0.1) is 6.92 Å². The van der Waals surface area contributed by atoms with Crippen molar-refractivity contribution in [3.63, 3.8) is 0 Å². The highest BCUT2D eigenvalue weighted by Gasteiger charge is 2.16. The topological polar surface area (TPSA) is 72.1 Å². The Hall–Kier alpha value is -3.90. The minimum Gasteiger partial charge on any atom is -0.487 e. The summed E-state index contributed by atoms with van der Waals surface area (Å²) in [5.74, 6) is 1.55. The fourth-order valence-corrected chi connectivity index (χ4v) is 3.85. The first-order valence-corrected chi connectivity index (χ1v) is 10.7. The van der Waals surface area contributed by atoms with Crippen molar-refractivity contribution in [1.29, 1.82) is 0 Å². The van der Waals surface area contributed by atoms with Crippen molar-refractivity contribution in [3.05, 3.63) is 84.3 Å². The number of aryl methyl sites for hydroxylation is 1. The number of hydrogen-bond acceptors (Lipinski definition) is 5. The Morgan fingerprint density at radius 1 is 1.03 bits per heavy atom. The lowest BCUT2D eigenvalue weighted by Crippen LogP contribution is -2.17. The predicted octanol–water partition coefficient (Wildman–Crippen LogP) is 5.57. The third kappa shape index (κ3) is 3.88. The number of fused-ring (bicyclic) bond motifs is 3. The lowest BCUT2D eigenvalue weighted by atomic mass is 9.99. The van der Waals surface area contributed by atoms with Crippen LogP contribution in [0.25, 0.3) is 33.1 Å². The van der Waals surface area contributed by atoms with Crippen molar-refractivity contribution >= 4 is 21.9 Å². The van der Waals surface area contributed by atoms with Gasteiger partial charge in [0, 0.05) is 41.5 Å². The minimum atomic E-state index is 0.441. The van der Waals surface area contributed by atoms with Gasteiger partial charge in [-0.3, -0.25) is 4.98 Å². The molecule has 0 aliphatic carbocycles. The Bertz CT molecular complexity index is 1380. The van der Waals surface area contributed by atoms with E-state index in [1.54, 1.807) is 6.20 Å². The van der Waals surface area contributed by atoms with Crippen molar-refractivity contribution in [2.75, 3.05) is 6.54 Å². The summed E-state index contributed by atoms with van der Waals surface area (Å²) in [5.41, 5.74) is 8.96. The Kier molecular flexibility index (Phi) is 5.44. The number of nitrogens with zero attached hydrogens (tertiary/aromatic N) is 2. The summed E-state index contributed by atoms with van der Waals surface area (Å²) in [4.78, 5) is 17.9. The molecule has 6 heteroatoms. The van der Waals surface area contributed by atoms with E-state index in [4.69, 9.17) is 9.57 Å². The van der Waals surface area contributed by atoms with Gasteiger partial charge in [0.1, 0.15) is 23.8 Å². The van der Waals surface area contributed by atoms with E-state index >= 15 is 0 Å². The number of hydrogen-bond donors (Lipinski definition) is 2. The molecule has 0 spiro atoms. The van der Waals surface area contributed by atoms with Crippen molar-refractivity contribution in [2.24, 2.45) is 0 Å². The van der Waals surface area contributed by atoms with Crippen molar-refractivity contribution < 1.29 is 9.57 Å². The Balaban J connectivity index is 1.64. The van der Waals surface area contributed by atoms with Crippen LogP contribution in [0.5, 0.6) is 11.5 Å². The molecular weight excluding hydrogens is 400 g/mol. The van der Waals surface area contributed by atoms with Crippen LogP contribution in [0.4, 0.5) is 0 Å². The number of nitrogens with one attached hydrogen (secondary N) is 2. The van der Waals surface area contributed by atoms with Gasteiger partial charge in [0.15, 0.2) is 0 Å². The molecule has 0 radical (unpaired) electrons. The van der Waals surface area contributed by atoms with E-state index in [0.29, 0.717) is 6.61 Å². The molecule has 0 atom stereocenters. The van der Waals surface area contributed by atoms with Gasteiger partial charge in [-0.15, -0.1) is 0 Å². The van der Waals surface area contributed by atoms with Gasteiger partial charge in [0.2, 0.25) is 0 Å². The average Bonchev–Trinajstić information content (AvgIpc) is 3.21. The summed E-state index contributed by atoms with van der Waals surface area (Å²) in [6.45, 7) is 5.22. The molecule has 0 fully saturated rings. The predicted molar refractivity (Wildman–Crippen MR) is 127 cm³/mol. The molecule has 32 heavy (non-hydrogen) atoms. The van der Waals surface area contributed by atoms with Crippen LogP contribution in [-0.2, 0) is 6.61 Å². The number of pyridine rings is 2. The molecule has 2 aromatic carbocycles. The normalized spacial score (nSPS) is 11.2. The molecule has 0 unspecified atom stereocenters. The van der Waals surface area contributed by atoms with Crippen LogP contribution in [0.1, 0.15) is 18.1 Å². The smallest absolute Gasteiger partial charge is 0.147 e. The largest absolute Gasteiger partial charge is 0.487 e. The second-order valence-electron chi connectivity index (χ2n) is 7.67. The van der Waals surface area contributed by atoms with Crippen LogP contribution >= 0.6 is 0 Å². The molecule has 6 nitrogen and oxygen atoms in total. The Morgan fingerprint density at radius 2 is 1.97 bits per heavy atom. The molecule has 0 amide bonds. The molecule has 0 bridgehead atoms. The number of ether oxygens (including phenoxy) is 1. The quantitative estimate of drug-likeness (QED) is 0.334. The molecule has 5 rings (SSSR count). The van der Waals surface area contributed by atoms with Crippen LogP contribution in [0.3, 0.4) is 0 Å². The van der Waals surface area contributed by atoms with Crippen molar-refractivity contribution in [2.45, 2.75) is 20.5 Å². The van der Waals surface area contributed by atoms with Crippen LogP contribution in [0.15, 0.2) is 73.2 Å². The van der Waals surface area contributed by atoms with Gasteiger partial charge in [-0.2, -0.15) is 5.48 Å². The van der Waals surface area contributed by atoms with Gasteiger partial charge in [-0.1, -0.05) is 18.2 Å². The molecule has 2 N–H and O–H groups in total. The number of aromatic amines is 1. The first-order valence-electron chi connectivity index (χ1n) is 10.7. The summed E-state index contributed by atoms with van der Waals surface area (Å²) in [7, 11) is 0. The van der Waals surface area contributed by atoms with Crippen molar-refractivity contribution in [1.82, 2.24) is 20.4 Å². The fourth-order valence-electron chi connectivity index (χ4n) is 3.85. The van der Waals surface area contributed by atoms with E-state index in [1.807, 2.05) is 55.7 Å². The summed E-state index contributed by atoms with van der Waals surface area (Å²) in [5, 5.41) is 2.15. The average molecular weight is 425 g/mol. The van der Waals surface area contributed by atoms with Crippen LogP contribution in [0.2, 0.25) is 0 Å². The third-order valence-electron chi connectivity index (χ3n) is 5.30. The van der Waals surface area contributed by atoms with Crippen LogP contribution in [-0.4, -0.2) is 21.5 Å². The first-order chi connectivity index (χ1) is 15.7. The van der Waals surface area contributed by atoms with Gasteiger partial charge in [0.25, 0.3) is 0 Å². The minimum absolute atomic E-state index is 0.441. The standard InChI is InChI=1S/C26H24N4O2/c1-3-29-32-20-8-4-7-19(13-20)21-9-10-23(31-16-18-6-5-11-27-15-18)25-24(21)22-12-17(2)14-28-26(22)30-25/h4-15,29H,3,16H2,1-2H3,(H,28,30). The second kappa shape index (κ2) is 8.69. The lowest BCUT2D eigenvalue weighted by molar-refractivity contribution is 0.202. The zero-order chi connectivity index (χ0) is 21.9. The van der Waals surface area contributed by atoms with E-state index < -0.39 is 0 Å². The maximum atomic E-state index is 6.20. The monoisotopic (exact) mass is 424 g/mol. The number of aromatic nitrogens is 3.